The fourth-order valence-corrected chi connectivity index (χ4v) is 3.33. The van der Waals surface area contributed by atoms with E-state index >= 15 is 0 Å². The van der Waals surface area contributed by atoms with E-state index < -0.39 is 0 Å². The second kappa shape index (κ2) is 5.91. The summed E-state index contributed by atoms with van der Waals surface area (Å²) < 4.78 is 1.90. The summed E-state index contributed by atoms with van der Waals surface area (Å²) in [5.74, 6) is 1.37. The molecule has 0 spiro atoms. The van der Waals surface area contributed by atoms with Crippen molar-refractivity contribution < 1.29 is 0 Å². The Kier molecular flexibility index (Phi) is 3.98. The first kappa shape index (κ1) is 14.2. The molecule has 110 valence electrons. The number of aromatic nitrogens is 4. The third kappa shape index (κ3) is 2.56. The predicted molar refractivity (Wildman–Crippen MR) is 85.3 cm³/mol. The van der Waals surface area contributed by atoms with Crippen molar-refractivity contribution in [1.29, 1.82) is 0 Å². The van der Waals surface area contributed by atoms with Gasteiger partial charge in [0.25, 0.3) is 0 Å². The second-order valence-electron chi connectivity index (χ2n) is 5.08. The molecule has 5 nitrogen and oxygen atoms in total. The molecular weight excluding hydrogens is 282 g/mol. The normalized spacial score (nSPS) is 11.6. The molecule has 3 aromatic rings. The Labute approximate surface area is 127 Å². The summed E-state index contributed by atoms with van der Waals surface area (Å²) >= 11 is 1.57. The summed E-state index contributed by atoms with van der Waals surface area (Å²) in [6.07, 6.45) is 2.10. The van der Waals surface area contributed by atoms with E-state index in [1.54, 1.807) is 11.3 Å². The van der Waals surface area contributed by atoms with Crippen LogP contribution in [-0.4, -0.2) is 19.8 Å². The molecule has 2 aromatic heterocycles. The van der Waals surface area contributed by atoms with Crippen LogP contribution >= 0.6 is 11.3 Å². The minimum atomic E-state index is 0.408. The van der Waals surface area contributed by atoms with Crippen LogP contribution in [0.1, 0.15) is 44.0 Å². The van der Waals surface area contributed by atoms with E-state index in [1.807, 2.05) is 16.6 Å². The maximum absolute atomic E-state index is 5.71. The van der Waals surface area contributed by atoms with Crippen LogP contribution in [0.25, 0.3) is 15.5 Å². The van der Waals surface area contributed by atoms with Gasteiger partial charge in [-0.05, 0) is 24.5 Å². The molecule has 21 heavy (non-hydrogen) atoms. The largest absolute Gasteiger partial charge is 0.326 e. The number of benzene rings is 1. The molecule has 0 atom stereocenters. The third-order valence-corrected chi connectivity index (χ3v) is 4.72. The minimum Gasteiger partial charge on any atom is -0.326 e. The summed E-state index contributed by atoms with van der Waals surface area (Å²) in [6.45, 7) is 4.89. The highest BCUT2D eigenvalue weighted by molar-refractivity contribution is 7.19. The van der Waals surface area contributed by atoms with Gasteiger partial charge in [-0.2, -0.15) is 9.61 Å². The highest BCUT2D eigenvalue weighted by Gasteiger charge is 2.18. The Balaban J connectivity index is 2.05. The smallest absolute Gasteiger partial charge is 0.234 e. The Bertz CT molecular complexity index is 741. The van der Waals surface area contributed by atoms with Gasteiger partial charge in [0.1, 0.15) is 5.01 Å². The van der Waals surface area contributed by atoms with Crippen molar-refractivity contribution in [2.75, 3.05) is 0 Å². The molecule has 0 fully saturated rings. The molecule has 0 amide bonds. The van der Waals surface area contributed by atoms with E-state index in [0.29, 0.717) is 12.5 Å². The van der Waals surface area contributed by atoms with Crippen LogP contribution in [-0.2, 0) is 6.54 Å². The standard InChI is InChI=1S/C15H19N5S/c1-3-11(4-2)13-17-18-15-20(13)19-14(21-15)12-7-5-6-10(8-12)9-16/h5-8,11H,3-4,9,16H2,1-2H3. The number of hydrogen-bond acceptors (Lipinski definition) is 5. The minimum absolute atomic E-state index is 0.408. The number of nitrogens with two attached hydrogens (primary N) is 1. The van der Waals surface area contributed by atoms with Gasteiger partial charge in [0, 0.05) is 18.0 Å². The molecule has 2 N–H and O–H groups in total. The van der Waals surface area contributed by atoms with Gasteiger partial charge in [-0.1, -0.05) is 43.4 Å². The Morgan fingerprint density at radius 1 is 1.24 bits per heavy atom. The molecule has 0 aliphatic rings. The van der Waals surface area contributed by atoms with Crippen molar-refractivity contribution in [2.24, 2.45) is 5.73 Å². The van der Waals surface area contributed by atoms with Crippen molar-refractivity contribution in [3.8, 4) is 10.6 Å². The van der Waals surface area contributed by atoms with Crippen molar-refractivity contribution in [1.82, 2.24) is 19.8 Å². The highest BCUT2D eigenvalue weighted by atomic mass is 32.1. The zero-order valence-electron chi connectivity index (χ0n) is 12.3. The Hall–Kier alpha value is -1.79. The lowest BCUT2D eigenvalue weighted by molar-refractivity contribution is 0.584. The average Bonchev–Trinajstić information content (AvgIpc) is 3.10. The monoisotopic (exact) mass is 301 g/mol. The van der Waals surface area contributed by atoms with Crippen LogP contribution in [0.5, 0.6) is 0 Å². The summed E-state index contributed by atoms with van der Waals surface area (Å²) in [6, 6.07) is 8.19. The van der Waals surface area contributed by atoms with E-state index in [2.05, 4.69) is 36.2 Å². The maximum atomic E-state index is 5.71. The van der Waals surface area contributed by atoms with Crippen molar-refractivity contribution in [3.63, 3.8) is 0 Å². The molecule has 0 aliphatic heterocycles. The molecular formula is C15H19N5S. The summed E-state index contributed by atoms with van der Waals surface area (Å²) in [7, 11) is 0. The van der Waals surface area contributed by atoms with Crippen molar-refractivity contribution in [2.45, 2.75) is 39.2 Å². The van der Waals surface area contributed by atoms with E-state index in [-0.39, 0.29) is 0 Å². The first-order chi connectivity index (χ1) is 10.3. The predicted octanol–water partition coefficient (Wildman–Crippen LogP) is 3.22. The fourth-order valence-electron chi connectivity index (χ4n) is 2.49. The van der Waals surface area contributed by atoms with Crippen LogP contribution in [0.3, 0.4) is 0 Å². The second-order valence-corrected chi connectivity index (χ2v) is 6.03. The van der Waals surface area contributed by atoms with Gasteiger partial charge >= 0.3 is 0 Å². The van der Waals surface area contributed by atoms with Crippen molar-refractivity contribution >= 4 is 16.3 Å². The van der Waals surface area contributed by atoms with E-state index in [1.165, 1.54) is 0 Å². The lowest BCUT2D eigenvalue weighted by atomic mass is 10.0. The fraction of sp³-hybridized carbons (Fsp3) is 0.400. The molecule has 6 heteroatoms. The van der Waals surface area contributed by atoms with Gasteiger partial charge in [0.05, 0.1) is 0 Å². The lowest BCUT2D eigenvalue weighted by Crippen LogP contribution is -2.03. The number of nitrogens with zero attached hydrogens (tertiary/aromatic N) is 4. The molecule has 3 rings (SSSR count). The summed E-state index contributed by atoms with van der Waals surface area (Å²) in [5, 5.41) is 14.2. The first-order valence-electron chi connectivity index (χ1n) is 7.28. The van der Waals surface area contributed by atoms with Gasteiger partial charge in [-0.3, -0.25) is 0 Å². The number of hydrogen-bond donors (Lipinski definition) is 1. The molecule has 2 heterocycles. The van der Waals surface area contributed by atoms with Crippen LogP contribution in [0, 0.1) is 0 Å². The van der Waals surface area contributed by atoms with Crippen LogP contribution in [0.15, 0.2) is 24.3 Å². The van der Waals surface area contributed by atoms with Crippen LogP contribution < -0.4 is 5.73 Å². The van der Waals surface area contributed by atoms with Gasteiger partial charge in [-0.25, -0.2) is 0 Å². The Morgan fingerprint density at radius 2 is 2.05 bits per heavy atom. The first-order valence-corrected chi connectivity index (χ1v) is 8.10. The van der Waals surface area contributed by atoms with Gasteiger partial charge in [-0.15, -0.1) is 10.2 Å². The molecule has 0 saturated heterocycles. The summed E-state index contributed by atoms with van der Waals surface area (Å²) in [4.78, 5) is 0.852. The summed E-state index contributed by atoms with van der Waals surface area (Å²) in [5.41, 5.74) is 7.90. The molecule has 0 radical (unpaired) electrons. The lowest BCUT2D eigenvalue weighted by Gasteiger charge is -2.07. The molecule has 0 saturated carbocycles. The quantitative estimate of drug-likeness (QED) is 0.785. The SMILES string of the molecule is CCC(CC)c1nnc2sc(-c3cccc(CN)c3)nn12. The van der Waals surface area contributed by atoms with Gasteiger partial charge in [0.15, 0.2) is 5.82 Å². The topological polar surface area (TPSA) is 69.1 Å². The van der Waals surface area contributed by atoms with E-state index in [0.717, 1.165) is 39.8 Å². The van der Waals surface area contributed by atoms with Gasteiger partial charge < -0.3 is 5.73 Å². The molecule has 1 aromatic carbocycles. The highest BCUT2D eigenvalue weighted by Crippen LogP contribution is 2.29. The third-order valence-electron chi connectivity index (χ3n) is 3.78. The zero-order chi connectivity index (χ0) is 14.8. The average molecular weight is 301 g/mol. The Morgan fingerprint density at radius 3 is 2.76 bits per heavy atom. The maximum Gasteiger partial charge on any atom is 0.234 e. The zero-order valence-corrected chi connectivity index (χ0v) is 13.1. The number of fused-ring (bicyclic) bond motifs is 1. The van der Waals surface area contributed by atoms with E-state index in [9.17, 15) is 0 Å². The molecule has 0 unspecified atom stereocenters. The number of rotatable bonds is 5. The van der Waals surface area contributed by atoms with Crippen LogP contribution in [0.2, 0.25) is 0 Å². The van der Waals surface area contributed by atoms with E-state index in [4.69, 9.17) is 10.8 Å². The van der Waals surface area contributed by atoms with Gasteiger partial charge in [0.2, 0.25) is 4.96 Å². The van der Waals surface area contributed by atoms with Crippen molar-refractivity contribution in [3.05, 3.63) is 35.7 Å². The molecule has 0 bridgehead atoms. The van der Waals surface area contributed by atoms with Crippen LogP contribution in [0.4, 0.5) is 0 Å². The molecule has 0 aliphatic carbocycles.